The summed E-state index contributed by atoms with van der Waals surface area (Å²) in [5.74, 6) is 0. The zero-order chi connectivity index (χ0) is 10.2. The van der Waals surface area contributed by atoms with Crippen LogP contribution in [0.5, 0.6) is 0 Å². The summed E-state index contributed by atoms with van der Waals surface area (Å²) in [5, 5.41) is 23.2. The molecule has 9 N–H and O–H groups in total. The maximum atomic E-state index is 7.75. The van der Waals surface area contributed by atoms with E-state index in [0.717, 1.165) is 0 Å². The molecule has 0 aliphatic heterocycles. The third-order valence-corrected chi connectivity index (χ3v) is 0.387. The van der Waals surface area contributed by atoms with Crippen molar-refractivity contribution < 1.29 is 86.7 Å². The average Bonchev–Trinajstić information content (AvgIpc) is 2.18. The van der Waals surface area contributed by atoms with Crippen molar-refractivity contribution in [2.24, 2.45) is 17.2 Å². The molecule has 0 radical (unpaired) electrons. The molecule has 0 atom stereocenters. The van der Waals surface area contributed by atoms with E-state index >= 15 is 0 Å². The summed E-state index contributed by atoms with van der Waals surface area (Å²) in [6.07, 6.45) is 0. The third-order valence-electron chi connectivity index (χ3n) is 0.387. The van der Waals surface area contributed by atoms with Crippen LogP contribution in [0.15, 0.2) is 0 Å². The van der Waals surface area contributed by atoms with Gasteiger partial charge in [-0.1, -0.05) is 0 Å². The van der Waals surface area contributed by atoms with Gasteiger partial charge in [0, 0.05) is 19.6 Å². The molecule has 0 heterocycles. The van der Waals surface area contributed by atoms with Gasteiger partial charge in [0.05, 0.1) is 19.8 Å². The van der Waals surface area contributed by atoms with Crippen molar-refractivity contribution in [1.29, 1.82) is 0 Å². The summed E-state index contributed by atoms with van der Waals surface area (Å²) < 4.78 is 0. The first kappa shape index (κ1) is 51.2. The molecular weight excluding hydrogens is 352 g/mol. The van der Waals surface area contributed by atoms with Gasteiger partial charge in [0.15, 0.2) is 0 Å². The average molecular weight is 373 g/mol. The molecule has 0 unspecified atom stereocenters. The van der Waals surface area contributed by atoms with E-state index in [2.05, 4.69) is 0 Å². The summed E-state index contributed by atoms with van der Waals surface area (Å²) in [6, 6.07) is 0. The van der Waals surface area contributed by atoms with E-state index in [4.69, 9.17) is 32.5 Å². The van der Waals surface area contributed by atoms with Crippen molar-refractivity contribution in [2.45, 2.75) is 0 Å². The van der Waals surface area contributed by atoms with Gasteiger partial charge in [-0.3, -0.25) is 0 Å². The van der Waals surface area contributed by atoms with Crippen LogP contribution in [0.25, 0.3) is 0 Å². The van der Waals surface area contributed by atoms with E-state index in [1.54, 1.807) is 0 Å². The minimum atomic E-state index is 0. The van der Waals surface area contributed by atoms with Crippen molar-refractivity contribution in [3.63, 3.8) is 0 Å². The molecule has 110 valence electrons. The molecule has 0 aromatic rings. The predicted molar refractivity (Wildman–Crippen MR) is 48.4 cm³/mol. The molecule has 0 rings (SSSR count). The molecule has 0 aromatic heterocycles. The van der Waals surface area contributed by atoms with Gasteiger partial charge in [-0.15, -0.1) is 0 Å². The van der Waals surface area contributed by atoms with Gasteiger partial charge in [-0.05, 0) is 0 Å². The topological polar surface area (TPSA) is 139 Å². The van der Waals surface area contributed by atoms with Crippen molar-refractivity contribution in [2.75, 3.05) is 39.5 Å². The van der Waals surface area contributed by atoms with Gasteiger partial charge < -0.3 is 82.1 Å². The summed E-state index contributed by atoms with van der Waals surface area (Å²) in [4.78, 5) is 0. The van der Waals surface area contributed by atoms with E-state index in [9.17, 15) is 0 Å². The van der Waals surface area contributed by atoms with Crippen LogP contribution in [-0.2, 0) is 21.7 Å². The second-order valence-corrected chi connectivity index (χ2v) is 1.54. The number of aliphatic hydroxyl groups is 3. The van der Waals surface area contributed by atoms with Gasteiger partial charge >= 0.3 is 21.7 Å². The Morgan fingerprint density at radius 3 is 0.588 bits per heavy atom. The van der Waals surface area contributed by atoms with Crippen LogP contribution in [0.4, 0.5) is 0 Å². The van der Waals surface area contributed by atoms with Crippen LogP contribution in [-0.4, -0.2) is 54.8 Å². The van der Waals surface area contributed by atoms with Gasteiger partial charge in [0.25, 0.3) is 0 Å². The molecule has 0 aliphatic rings. The molecule has 17 heavy (non-hydrogen) atoms. The van der Waals surface area contributed by atoms with Crippen LogP contribution in [0.3, 0.4) is 0 Å². The van der Waals surface area contributed by atoms with E-state index in [1.165, 1.54) is 0 Å². The van der Waals surface area contributed by atoms with Crippen molar-refractivity contribution in [3.8, 4) is 0 Å². The monoisotopic (exact) mass is 371 g/mol. The fourth-order valence-electron chi connectivity index (χ4n) is 0. The second kappa shape index (κ2) is 83.7. The molecule has 0 saturated heterocycles. The maximum absolute atomic E-state index is 7.75. The van der Waals surface area contributed by atoms with Crippen LogP contribution in [0.2, 0.25) is 0 Å². The van der Waals surface area contributed by atoms with E-state index < -0.39 is 0 Å². The maximum Gasteiger partial charge on any atom is 4.00 e. The fourth-order valence-corrected chi connectivity index (χ4v) is 0. The van der Waals surface area contributed by atoms with Crippen molar-refractivity contribution >= 4 is 0 Å². The summed E-state index contributed by atoms with van der Waals surface area (Å²) in [5.41, 5.74) is 14.3. The minimum absolute atomic E-state index is 0. The number of halogens is 4. The van der Waals surface area contributed by atoms with E-state index in [0.29, 0.717) is 19.6 Å². The number of nitrogens with two attached hydrogens (primary N) is 3. The van der Waals surface area contributed by atoms with Crippen molar-refractivity contribution in [3.05, 3.63) is 0 Å². The summed E-state index contributed by atoms with van der Waals surface area (Å²) >= 11 is 0. The minimum Gasteiger partial charge on any atom is -1.00 e. The van der Waals surface area contributed by atoms with Crippen molar-refractivity contribution in [1.82, 2.24) is 0 Å². The van der Waals surface area contributed by atoms with Gasteiger partial charge in [-0.2, -0.15) is 0 Å². The normalized spacial score (nSPS) is 5.29. The molecule has 0 saturated carbocycles. The number of hydrogen-bond acceptors (Lipinski definition) is 6. The van der Waals surface area contributed by atoms with Crippen LogP contribution >= 0.6 is 0 Å². The Bertz CT molecular complexity index is 52.0. The van der Waals surface area contributed by atoms with E-state index in [-0.39, 0.29) is 91.2 Å². The number of aliphatic hydroxyl groups excluding tert-OH is 3. The molecule has 0 bridgehead atoms. The molecule has 0 spiro atoms. The van der Waals surface area contributed by atoms with Crippen LogP contribution < -0.4 is 66.8 Å². The Labute approximate surface area is 143 Å². The Morgan fingerprint density at radius 2 is 0.588 bits per heavy atom. The van der Waals surface area contributed by atoms with Crippen LogP contribution in [0.1, 0.15) is 0 Å². The van der Waals surface area contributed by atoms with Gasteiger partial charge in [0.2, 0.25) is 0 Å². The number of hydrogen-bond donors (Lipinski definition) is 6. The molecule has 6 nitrogen and oxygen atoms in total. The molecule has 11 heteroatoms. The van der Waals surface area contributed by atoms with Gasteiger partial charge in [0.1, 0.15) is 0 Å². The quantitative estimate of drug-likeness (QED) is 0.272. The first-order chi connectivity index (χ1) is 5.74. The Balaban J connectivity index is -0.0000000104. The SMILES string of the molecule is NCCO.NCCO.NCCO.[Cl-].[Cl-].[Cl-].[Cl-].[Ti+4]. The second-order valence-electron chi connectivity index (χ2n) is 1.54. The molecular formula is C6H21Cl4N3O3Ti. The molecule has 0 aliphatic carbocycles. The third kappa shape index (κ3) is 201. The van der Waals surface area contributed by atoms with Crippen LogP contribution in [0, 0.1) is 0 Å². The Kier molecular flexibility index (Phi) is 252. The first-order valence-electron chi connectivity index (χ1n) is 3.67. The zero-order valence-electron chi connectivity index (χ0n) is 9.33. The standard InChI is InChI=1S/3C2H7NO.4ClH.Ti/c3*3-1-2-4;;;;;/h3*4H,1-3H2;4*1H;/q;;;;;;;+4/p-4. The van der Waals surface area contributed by atoms with Gasteiger partial charge in [-0.25, -0.2) is 0 Å². The largest absolute Gasteiger partial charge is 4.00 e. The Hall–Kier alpha value is 1.63. The molecule has 0 fully saturated rings. The van der Waals surface area contributed by atoms with E-state index in [1.807, 2.05) is 0 Å². The summed E-state index contributed by atoms with van der Waals surface area (Å²) in [6.45, 7) is 1.42. The zero-order valence-corrected chi connectivity index (χ0v) is 13.9. The Morgan fingerprint density at radius 1 is 0.529 bits per heavy atom. The fraction of sp³-hybridized carbons (Fsp3) is 1.00. The summed E-state index contributed by atoms with van der Waals surface area (Å²) in [7, 11) is 0. The molecule has 0 amide bonds. The first-order valence-corrected chi connectivity index (χ1v) is 3.67. The predicted octanol–water partition coefficient (Wildman–Crippen LogP) is -15.2. The molecule has 0 aromatic carbocycles. The number of rotatable bonds is 3. The smallest absolute Gasteiger partial charge is 1.00 e.